The first-order valence-electron chi connectivity index (χ1n) is 7.50. The number of carbonyl (C=O) groups excluding carboxylic acids is 2. The molecule has 0 saturated heterocycles. The summed E-state index contributed by atoms with van der Waals surface area (Å²) in [7, 11) is 0. The van der Waals surface area contributed by atoms with Gasteiger partial charge in [0.2, 0.25) is 5.91 Å². The lowest BCUT2D eigenvalue weighted by Crippen LogP contribution is -2.55. The van der Waals surface area contributed by atoms with Gasteiger partial charge in [-0.15, -0.1) is 13.2 Å². The van der Waals surface area contributed by atoms with Crippen LogP contribution < -0.4 is 20.7 Å². The van der Waals surface area contributed by atoms with E-state index < -0.39 is 24.3 Å². The van der Waals surface area contributed by atoms with E-state index in [1.54, 1.807) is 13.8 Å². The average molecular weight is 390 g/mol. The molecule has 0 spiro atoms. The van der Waals surface area contributed by atoms with Gasteiger partial charge in [-0.05, 0) is 26.0 Å². The van der Waals surface area contributed by atoms with Crippen molar-refractivity contribution in [2.45, 2.75) is 39.3 Å². The Labute approximate surface area is 150 Å². The molecular weight excluding hydrogens is 373 g/mol. The third kappa shape index (κ3) is 4.82. The molecule has 1 aromatic carbocycles. The Bertz CT molecular complexity index is 822. The zero-order chi connectivity index (χ0) is 19.6. The summed E-state index contributed by atoms with van der Waals surface area (Å²) >= 11 is 1.02. The predicted octanol–water partition coefficient (Wildman–Crippen LogP) is 2.36. The van der Waals surface area contributed by atoms with Crippen molar-refractivity contribution in [3.8, 4) is 5.75 Å². The number of anilines is 1. The number of nitrogens with two attached hydrogens (primary N) is 1. The van der Waals surface area contributed by atoms with Crippen molar-refractivity contribution in [3.63, 3.8) is 0 Å². The first-order valence-corrected chi connectivity index (χ1v) is 8.31. The van der Waals surface area contributed by atoms with Crippen molar-refractivity contribution in [2.24, 2.45) is 5.73 Å². The van der Waals surface area contributed by atoms with Gasteiger partial charge in [0.15, 0.2) is 11.3 Å². The van der Waals surface area contributed by atoms with E-state index >= 15 is 0 Å². The maximum Gasteiger partial charge on any atom is 0.573 e. The number of nitrogens with zero attached hydrogens (tertiary/aromatic N) is 2. The maximum atomic E-state index is 12.5. The second-order valence-corrected chi connectivity index (χ2v) is 6.66. The third-order valence-corrected chi connectivity index (χ3v) is 4.18. The van der Waals surface area contributed by atoms with Gasteiger partial charge < -0.3 is 15.8 Å². The molecule has 1 aromatic heterocycles. The average Bonchev–Trinajstić information content (AvgIpc) is 2.86. The molecule has 0 bridgehead atoms. The number of benzene rings is 1. The number of hydrogen-bond donors (Lipinski definition) is 2. The molecular formula is C15H17F3N4O3S. The molecule has 0 aliphatic carbocycles. The van der Waals surface area contributed by atoms with Gasteiger partial charge in [0, 0.05) is 19.0 Å². The van der Waals surface area contributed by atoms with E-state index in [-0.39, 0.29) is 16.9 Å². The summed E-state index contributed by atoms with van der Waals surface area (Å²) in [5.41, 5.74) is 6.10. The van der Waals surface area contributed by atoms with E-state index in [1.165, 1.54) is 24.0 Å². The lowest BCUT2D eigenvalue weighted by atomic mass is 10.3. The molecule has 1 atom stereocenters. The molecule has 1 heterocycles. The monoisotopic (exact) mass is 390 g/mol. The van der Waals surface area contributed by atoms with Crippen molar-refractivity contribution in [1.82, 2.24) is 10.3 Å². The van der Waals surface area contributed by atoms with Crippen LogP contribution in [0.4, 0.5) is 18.3 Å². The zero-order valence-electron chi connectivity index (χ0n) is 14.1. The third-order valence-electron chi connectivity index (χ3n) is 3.17. The number of aromatic nitrogens is 1. The highest BCUT2D eigenvalue weighted by Crippen LogP contribution is 2.34. The molecule has 1 unspecified atom stereocenters. The number of carbonyl (C=O) groups is 2. The van der Waals surface area contributed by atoms with Crippen LogP contribution in [0.3, 0.4) is 0 Å². The van der Waals surface area contributed by atoms with Gasteiger partial charge >= 0.3 is 6.36 Å². The number of rotatable bonds is 5. The molecule has 26 heavy (non-hydrogen) atoms. The number of halogens is 3. The minimum absolute atomic E-state index is 0.255. The second kappa shape index (κ2) is 7.46. The lowest BCUT2D eigenvalue weighted by molar-refractivity contribution is -0.274. The molecule has 0 aliphatic rings. The van der Waals surface area contributed by atoms with Crippen molar-refractivity contribution < 1.29 is 27.5 Å². The molecule has 0 aliphatic heterocycles. The van der Waals surface area contributed by atoms with E-state index in [9.17, 15) is 22.8 Å². The van der Waals surface area contributed by atoms with Crippen LogP contribution in [-0.2, 0) is 9.59 Å². The summed E-state index contributed by atoms with van der Waals surface area (Å²) in [5.74, 6) is -1.42. The summed E-state index contributed by atoms with van der Waals surface area (Å²) in [4.78, 5) is 29.2. The molecule has 0 radical (unpaired) electrons. The fraction of sp³-hybridized carbons (Fsp3) is 0.400. The van der Waals surface area contributed by atoms with Crippen LogP contribution in [0.5, 0.6) is 5.75 Å². The summed E-state index contributed by atoms with van der Waals surface area (Å²) in [6.07, 6.45) is -6.06. The summed E-state index contributed by atoms with van der Waals surface area (Å²) < 4.78 is 41.3. The fourth-order valence-electron chi connectivity index (χ4n) is 2.19. The van der Waals surface area contributed by atoms with E-state index in [1.807, 2.05) is 0 Å². The van der Waals surface area contributed by atoms with Crippen molar-refractivity contribution in [3.05, 3.63) is 18.2 Å². The van der Waals surface area contributed by atoms with Gasteiger partial charge in [-0.2, -0.15) is 0 Å². The standard InChI is InChI=1S/C15H17F3N4O3S/c1-7(2)22(13(24)12(19)20-8(3)23)14-21-10-5-4-9(6-11(10)26-14)25-15(16,17)18/h4-7,12H,19H2,1-3H3,(H,20,23). The molecule has 2 amide bonds. The highest BCUT2D eigenvalue weighted by Gasteiger charge is 2.32. The van der Waals surface area contributed by atoms with Gasteiger partial charge in [0.1, 0.15) is 5.75 Å². The van der Waals surface area contributed by atoms with Crippen molar-refractivity contribution in [2.75, 3.05) is 4.90 Å². The minimum atomic E-state index is -4.80. The summed E-state index contributed by atoms with van der Waals surface area (Å²) in [6.45, 7) is 4.68. The number of amides is 2. The number of nitrogens with one attached hydrogen (secondary N) is 1. The molecule has 2 rings (SSSR count). The quantitative estimate of drug-likeness (QED) is 0.764. The van der Waals surface area contributed by atoms with Crippen LogP contribution in [0.25, 0.3) is 10.2 Å². The Morgan fingerprint density at radius 1 is 1.35 bits per heavy atom. The number of fused-ring (bicyclic) bond motifs is 1. The largest absolute Gasteiger partial charge is 0.573 e. The van der Waals surface area contributed by atoms with Gasteiger partial charge in [-0.3, -0.25) is 14.5 Å². The second-order valence-electron chi connectivity index (χ2n) is 5.65. The Morgan fingerprint density at radius 2 is 2.00 bits per heavy atom. The van der Waals surface area contributed by atoms with Crippen LogP contribution in [0, 0.1) is 0 Å². The molecule has 7 nitrogen and oxygen atoms in total. The lowest BCUT2D eigenvalue weighted by Gasteiger charge is -2.26. The van der Waals surface area contributed by atoms with Crippen LogP contribution in [-0.4, -0.2) is 35.4 Å². The molecule has 142 valence electrons. The predicted molar refractivity (Wildman–Crippen MR) is 90.7 cm³/mol. The number of alkyl halides is 3. The summed E-state index contributed by atoms with van der Waals surface area (Å²) in [6, 6.07) is 3.37. The van der Waals surface area contributed by atoms with E-state index in [0.717, 1.165) is 17.4 Å². The molecule has 2 aromatic rings. The van der Waals surface area contributed by atoms with E-state index in [4.69, 9.17) is 5.73 Å². The maximum absolute atomic E-state index is 12.5. The number of ether oxygens (including phenoxy) is 1. The molecule has 0 fully saturated rings. The van der Waals surface area contributed by atoms with Crippen LogP contribution in [0.15, 0.2) is 18.2 Å². The topological polar surface area (TPSA) is 97.5 Å². The Hall–Kier alpha value is -2.40. The van der Waals surface area contributed by atoms with Crippen LogP contribution in [0.1, 0.15) is 20.8 Å². The van der Waals surface area contributed by atoms with E-state index in [2.05, 4.69) is 15.0 Å². The van der Waals surface area contributed by atoms with E-state index in [0.29, 0.717) is 10.2 Å². The Balaban J connectivity index is 2.35. The zero-order valence-corrected chi connectivity index (χ0v) is 14.9. The van der Waals surface area contributed by atoms with Gasteiger partial charge in [-0.1, -0.05) is 11.3 Å². The SMILES string of the molecule is CC(=O)NC(N)C(=O)N(c1nc2ccc(OC(F)(F)F)cc2s1)C(C)C. The minimum Gasteiger partial charge on any atom is -0.406 e. The van der Waals surface area contributed by atoms with Gasteiger partial charge in [-0.25, -0.2) is 4.98 Å². The molecule has 0 saturated carbocycles. The first kappa shape index (κ1) is 19.9. The molecule has 3 N–H and O–H groups in total. The first-order chi connectivity index (χ1) is 12.0. The fourth-order valence-corrected chi connectivity index (χ4v) is 3.33. The smallest absolute Gasteiger partial charge is 0.406 e. The Kier molecular flexibility index (Phi) is 5.71. The van der Waals surface area contributed by atoms with Gasteiger partial charge in [0.25, 0.3) is 5.91 Å². The number of hydrogen-bond acceptors (Lipinski definition) is 6. The van der Waals surface area contributed by atoms with Crippen LogP contribution in [0.2, 0.25) is 0 Å². The summed E-state index contributed by atoms with van der Waals surface area (Å²) in [5, 5.41) is 2.55. The van der Waals surface area contributed by atoms with Crippen LogP contribution >= 0.6 is 11.3 Å². The van der Waals surface area contributed by atoms with Gasteiger partial charge in [0.05, 0.1) is 10.2 Å². The normalized spacial score (nSPS) is 12.9. The highest BCUT2D eigenvalue weighted by atomic mass is 32.1. The number of thiazole rings is 1. The molecule has 11 heteroatoms. The Morgan fingerprint density at radius 3 is 2.54 bits per heavy atom. The highest BCUT2D eigenvalue weighted by molar-refractivity contribution is 7.22. The van der Waals surface area contributed by atoms with Crippen molar-refractivity contribution >= 4 is 38.5 Å². The van der Waals surface area contributed by atoms with Crippen molar-refractivity contribution in [1.29, 1.82) is 0 Å².